The Bertz CT molecular complexity index is 128. The van der Waals surface area contributed by atoms with Crippen molar-refractivity contribution in [1.29, 1.82) is 0 Å². The van der Waals surface area contributed by atoms with Gasteiger partial charge in [0, 0.05) is 0 Å². The lowest BCUT2D eigenvalue weighted by Gasteiger charge is -2.18. The van der Waals surface area contributed by atoms with Gasteiger partial charge in [0.1, 0.15) is 0 Å². The van der Waals surface area contributed by atoms with Gasteiger partial charge in [0.05, 0.1) is 18.8 Å². The van der Waals surface area contributed by atoms with Crippen LogP contribution < -0.4 is 0 Å². The smallest absolute Gasteiger partial charge is 0.0827 e. The molecular formula is C9H18O2. The maximum absolute atomic E-state index is 9.57. The highest BCUT2D eigenvalue weighted by atomic mass is 16.5. The molecule has 11 heavy (non-hydrogen) atoms. The molecular weight excluding hydrogens is 140 g/mol. The summed E-state index contributed by atoms with van der Waals surface area (Å²) >= 11 is 0. The molecule has 1 saturated carbocycles. The highest BCUT2D eigenvalue weighted by Crippen LogP contribution is 2.48. The largest absolute Gasteiger partial charge is 0.390 e. The molecule has 66 valence electrons. The predicted octanol–water partition coefficient (Wildman–Crippen LogP) is 1.57. The summed E-state index contributed by atoms with van der Waals surface area (Å²) in [5, 5.41) is 9.57. The molecule has 0 aromatic heterocycles. The molecule has 0 aromatic carbocycles. The molecule has 0 spiro atoms. The Balaban J connectivity index is 2.16. The number of aliphatic hydroxyl groups excluding tert-OH is 1. The van der Waals surface area contributed by atoms with Crippen molar-refractivity contribution in [3.63, 3.8) is 0 Å². The van der Waals surface area contributed by atoms with Crippen LogP contribution in [0.4, 0.5) is 0 Å². The van der Waals surface area contributed by atoms with Crippen LogP contribution in [0.25, 0.3) is 0 Å². The minimum absolute atomic E-state index is 0.175. The van der Waals surface area contributed by atoms with Crippen molar-refractivity contribution in [1.82, 2.24) is 0 Å². The second-order valence-corrected chi connectivity index (χ2v) is 4.05. The molecule has 0 bridgehead atoms. The Hall–Kier alpha value is -0.0800. The molecule has 0 saturated heterocycles. The summed E-state index contributed by atoms with van der Waals surface area (Å²) in [6.45, 7) is 6.58. The fourth-order valence-corrected chi connectivity index (χ4v) is 1.02. The van der Waals surface area contributed by atoms with E-state index in [9.17, 15) is 5.11 Å². The van der Waals surface area contributed by atoms with Crippen LogP contribution >= 0.6 is 0 Å². The third-order valence-electron chi connectivity index (χ3n) is 2.43. The van der Waals surface area contributed by atoms with E-state index in [0.717, 1.165) is 12.8 Å². The van der Waals surface area contributed by atoms with E-state index in [1.165, 1.54) is 0 Å². The zero-order valence-electron chi connectivity index (χ0n) is 7.63. The lowest BCUT2D eigenvalue weighted by Crippen LogP contribution is -2.26. The molecule has 1 atom stereocenters. The van der Waals surface area contributed by atoms with E-state index in [1.54, 1.807) is 0 Å². The van der Waals surface area contributed by atoms with Crippen molar-refractivity contribution >= 4 is 0 Å². The molecule has 1 aliphatic carbocycles. The van der Waals surface area contributed by atoms with Gasteiger partial charge >= 0.3 is 0 Å². The maximum atomic E-state index is 9.57. The number of hydrogen-bond acceptors (Lipinski definition) is 2. The van der Waals surface area contributed by atoms with Crippen LogP contribution in [0.5, 0.6) is 0 Å². The van der Waals surface area contributed by atoms with E-state index in [2.05, 4.69) is 6.92 Å². The van der Waals surface area contributed by atoms with Crippen molar-refractivity contribution in [3.05, 3.63) is 0 Å². The standard InChI is InChI=1S/C9H18O2/c1-7(2)11-6-8(10)9(3)4-5-9/h7-8,10H,4-6H2,1-3H3. The number of ether oxygens (including phenoxy) is 1. The normalized spacial score (nSPS) is 23.7. The Morgan fingerprint density at radius 3 is 2.36 bits per heavy atom. The van der Waals surface area contributed by atoms with Crippen LogP contribution in [0.1, 0.15) is 33.6 Å². The van der Waals surface area contributed by atoms with E-state index in [1.807, 2.05) is 13.8 Å². The number of rotatable bonds is 4. The zero-order valence-corrected chi connectivity index (χ0v) is 7.63. The van der Waals surface area contributed by atoms with Crippen LogP contribution in [0, 0.1) is 5.41 Å². The van der Waals surface area contributed by atoms with Gasteiger partial charge in [0.2, 0.25) is 0 Å². The van der Waals surface area contributed by atoms with Gasteiger partial charge in [0.25, 0.3) is 0 Å². The molecule has 0 aliphatic heterocycles. The Morgan fingerprint density at radius 1 is 1.45 bits per heavy atom. The molecule has 2 heteroatoms. The van der Waals surface area contributed by atoms with Crippen molar-refractivity contribution in [2.75, 3.05) is 6.61 Å². The van der Waals surface area contributed by atoms with Crippen LogP contribution in [0.2, 0.25) is 0 Å². The minimum Gasteiger partial charge on any atom is -0.390 e. The SMILES string of the molecule is CC(C)OCC(O)C1(C)CC1. The summed E-state index contributed by atoms with van der Waals surface area (Å²) in [5.41, 5.74) is 0.175. The molecule has 1 unspecified atom stereocenters. The van der Waals surface area contributed by atoms with Gasteiger partial charge in [-0.25, -0.2) is 0 Å². The van der Waals surface area contributed by atoms with Crippen LogP contribution in [0.15, 0.2) is 0 Å². The summed E-state index contributed by atoms with van der Waals surface area (Å²) in [7, 11) is 0. The second-order valence-electron chi connectivity index (χ2n) is 4.05. The molecule has 0 amide bonds. The first-order valence-corrected chi connectivity index (χ1v) is 4.34. The van der Waals surface area contributed by atoms with Crippen LogP contribution in [-0.4, -0.2) is 23.9 Å². The van der Waals surface area contributed by atoms with Gasteiger partial charge in [-0.3, -0.25) is 0 Å². The maximum Gasteiger partial charge on any atom is 0.0827 e. The Labute approximate surface area is 68.6 Å². The molecule has 1 N–H and O–H groups in total. The van der Waals surface area contributed by atoms with Crippen molar-refractivity contribution in [2.24, 2.45) is 5.41 Å². The molecule has 2 nitrogen and oxygen atoms in total. The van der Waals surface area contributed by atoms with E-state index in [0.29, 0.717) is 6.61 Å². The molecule has 1 fully saturated rings. The van der Waals surface area contributed by atoms with Gasteiger partial charge in [-0.1, -0.05) is 6.92 Å². The topological polar surface area (TPSA) is 29.5 Å². The van der Waals surface area contributed by atoms with E-state index in [-0.39, 0.29) is 17.6 Å². The quantitative estimate of drug-likeness (QED) is 0.673. The summed E-state index contributed by atoms with van der Waals surface area (Å²) in [4.78, 5) is 0. The lowest BCUT2D eigenvalue weighted by atomic mass is 10.0. The van der Waals surface area contributed by atoms with Gasteiger partial charge in [-0.2, -0.15) is 0 Å². The molecule has 0 aromatic rings. The Kier molecular flexibility index (Phi) is 2.55. The first-order chi connectivity index (χ1) is 5.04. The van der Waals surface area contributed by atoms with Crippen LogP contribution in [0.3, 0.4) is 0 Å². The number of hydrogen-bond donors (Lipinski definition) is 1. The number of aliphatic hydroxyl groups is 1. The van der Waals surface area contributed by atoms with Gasteiger partial charge in [-0.05, 0) is 32.1 Å². The molecule has 0 heterocycles. The van der Waals surface area contributed by atoms with Crippen molar-refractivity contribution in [3.8, 4) is 0 Å². The summed E-state index contributed by atoms with van der Waals surface area (Å²) in [6.07, 6.45) is 2.27. The fraction of sp³-hybridized carbons (Fsp3) is 1.00. The van der Waals surface area contributed by atoms with E-state index >= 15 is 0 Å². The zero-order chi connectivity index (χ0) is 8.48. The average molecular weight is 158 g/mol. The lowest BCUT2D eigenvalue weighted by molar-refractivity contribution is -0.0225. The van der Waals surface area contributed by atoms with Gasteiger partial charge in [-0.15, -0.1) is 0 Å². The van der Waals surface area contributed by atoms with Gasteiger partial charge < -0.3 is 9.84 Å². The molecule has 1 rings (SSSR count). The third-order valence-corrected chi connectivity index (χ3v) is 2.43. The monoisotopic (exact) mass is 158 g/mol. The average Bonchev–Trinajstić information content (AvgIpc) is 2.64. The summed E-state index contributed by atoms with van der Waals surface area (Å²) in [6, 6.07) is 0. The Morgan fingerprint density at radius 2 is 2.00 bits per heavy atom. The van der Waals surface area contributed by atoms with E-state index < -0.39 is 0 Å². The third kappa shape index (κ3) is 2.46. The first kappa shape index (κ1) is 9.01. The first-order valence-electron chi connectivity index (χ1n) is 4.34. The summed E-state index contributed by atoms with van der Waals surface area (Å²) in [5.74, 6) is 0. The summed E-state index contributed by atoms with van der Waals surface area (Å²) < 4.78 is 5.32. The predicted molar refractivity (Wildman–Crippen MR) is 44.4 cm³/mol. The highest BCUT2D eigenvalue weighted by molar-refractivity contribution is 4.94. The van der Waals surface area contributed by atoms with Crippen molar-refractivity contribution < 1.29 is 9.84 Å². The van der Waals surface area contributed by atoms with Crippen LogP contribution in [-0.2, 0) is 4.74 Å². The van der Waals surface area contributed by atoms with Gasteiger partial charge in [0.15, 0.2) is 0 Å². The highest BCUT2D eigenvalue weighted by Gasteiger charge is 2.44. The second kappa shape index (κ2) is 3.11. The van der Waals surface area contributed by atoms with E-state index in [4.69, 9.17) is 4.74 Å². The molecule has 0 radical (unpaired) electrons. The minimum atomic E-state index is -0.259. The molecule has 1 aliphatic rings. The fourth-order valence-electron chi connectivity index (χ4n) is 1.02. The van der Waals surface area contributed by atoms with Crippen molar-refractivity contribution in [2.45, 2.75) is 45.8 Å².